The van der Waals surface area contributed by atoms with Crippen molar-refractivity contribution >= 4 is 12.1 Å². The third-order valence-corrected chi connectivity index (χ3v) is 1.92. The highest BCUT2D eigenvalue weighted by Gasteiger charge is 2.23. The monoisotopic (exact) mass is 277 g/mol. The maximum Gasteiger partial charge on any atom is 0.410 e. The number of carbonyl (C=O) groups excluding carboxylic acids is 1. The lowest BCUT2D eigenvalue weighted by Crippen LogP contribution is -2.41. The third kappa shape index (κ3) is 10.3. The average Bonchev–Trinajstić information content (AvgIpc) is 2.24. The standard InChI is InChI=1S/C12H23NO6/c1-12(2,3)19-11(16)13(9-10(14)15)5-6-18-8-7-17-4/h5-9H2,1-4H3,(H,14,15). The SMILES string of the molecule is COCCOCCN(CC(=O)O)C(=O)OC(C)(C)C. The van der Waals surface area contributed by atoms with Crippen LogP contribution in [0.4, 0.5) is 4.79 Å². The van der Waals surface area contributed by atoms with E-state index in [1.54, 1.807) is 27.9 Å². The fourth-order valence-electron chi connectivity index (χ4n) is 1.14. The molecule has 0 aliphatic heterocycles. The Balaban J connectivity index is 4.22. The number of methoxy groups -OCH3 is 1. The van der Waals surface area contributed by atoms with Crippen LogP contribution in [-0.4, -0.2) is 67.7 Å². The van der Waals surface area contributed by atoms with Crippen molar-refractivity contribution in [3.05, 3.63) is 0 Å². The number of hydrogen-bond acceptors (Lipinski definition) is 5. The molecule has 0 aromatic carbocycles. The molecule has 0 aliphatic carbocycles. The van der Waals surface area contributed by atoms with E-state index < -0.39 is 24.2 Å². The summed E-state index contributed by atoms with van der Waals surface area (Å²) in [6.07, 6.45) is -0.662. The van der Waals surface area contributed by atoms with Gasteiger partial charge in [-0.25, -0.2) is 4.79 Å². The molecule has 0 saturated carbocycles. The molecule has 0 aromatic rings. The Labute approximate surface area is 113 Å². The summed E-state index contributed by atoms with van der Waals surface area (Å²) in [6.45, 7) is 5.98. The number of rotatable bonds is 8. The highest BCUT2D eigenvalue weighted by atomic mass is 16.6. The number of nitrogens with zero attached hydrogens (tertiary/aromatic N) is 1. The molecule has 0 aliphatic rings. The maximum atomic E-state index is 11.8. The molecule has 7 nitrogen and oxygen atoms in total. The van der Waals surface area contributed by atoms with E-state index in [2.05, 4.69) is 0 Å². The van der Waals surface area contributed by atoms with Gasteiger partial charge in [-0.15, -0.1) is 0 Å². The van der Waals surface area contributed by atoms with Gasteiger partial charge in [0.1, 0.15) is 12.1 Å². The first-order chi connectivity index (χ1) is 8.76. The second kappa shape index (κ2) is 8.71. The van der Waals surface area contributed by atoms with Crippen molar-refractivity contribution in [1.82, 2.24) is 4.90 Å². The molecule has 0 radical (unpaired) electrons. The van der Waals surface area contributed by atoms with Gasteiger partial charge in [-0.05, 0) is 20.8 Å². The van der Waals surface area contributed by atoms with E-state index in [1.807, 2.05) is 0 Å². The maximum absolute atomic E-state index is 11.8. The van der Waals surface area contributed by atoms with Gasteiger partial charge in [-0.3, -0.25) is 9.69 Å². The van der Waals surface area contributed by atoms with Crippen LogP contribution in [0.15, 0.2) is 0 Å². The Bertz CT molecular complexity index is 286. The molecule has 0 bridgehead atoms. The molecule has 0 saturated heterocycles. The van der Waals surface area contributed by atoms with E-state index in [4.69, 9.17) is 19.3 Å². The molecule has 0 fully saturated rings. The van der Waals surface area contributed by atoms with Crippen LogP contribution in [-0.2, 0) is 19.0 Å². The van der Waals surface area contributed by atoms with Crippen LogP contribution >= 0.6 is 0 Å². The minimum atomic E-state index is -1.09. The van der Waals surface area contributed by atoms with Gasteiger partial charge in [0.05, 0.1) is 19.8 Å². The van der Waals surface area contributed by atoms with Gasteiger partial charge in [0.25, 0.3) is 0 Å². The van der Waals surface area contributed by atoms with Gasteiger partial charge >= 0.3 is 12.1 Å². The zero-order chi connectivity index (χ0) is 14.9. The van der Waals surface area contributed by atoms with Gasteiger partial charge in [-0.1, -0.05) is 0 Å². The minimum Gasteiger partial charge on any atom is -0.480 e. The second-order valence-electron chi connectivity index (χ2n) is 4.90. The molecular weight excluding hydrogens is 254 g/mol. The summed E-state index contributed by atoms with van der Waals surface area (Å²) < 4.78 is 15.1. The normalized spacial score (nSPS) is 11.2. The summed E-state index contributed by atoms with van der Waals surface area (Å²) >= 11 is 0. The van der Waals surface area contributed by atoms with Gasteiger partial charge < -0.3 is 19.3 Å². The van der Waals surface area contributed by atoms with Crippen LogP contribution in [0.2, 0.25) is 0 Å². The highest BCUT2D eigenvalue weighted by molar-refractivity contribution is 5.76. The van der Waals surface area contributed by atoms with Crippen molar-refractivity contribution in [1.29, 1.82) is 0 Å². The number of carboxylic acids is 1. The number of amides is 1. The first-order valence-electron chi connectivity index (χ1n) is 6.02. The average molecular weight is 277 g/mol. The van der Waals surface area contributed by atoms with Crippen LogP contribution in [0.5, 0.6) is 0 Å². The van der Waals surface area contributed by atoms with Crippen molar-refractivity contribution in [3.63, 3.8) is 0 Å². The molecule has 0 rings (SSSR count). The molecule has 0 atom stereocenters. The number of carboxylic acid groups (broad SMARTS) is 1. The van der Waals surface area contributed by atoms with E-state index in [0.717, 1.165) is 4.90 Å². The van der Waals surface area contributed by atoms with Crippen LogP contribution < -0.4 is 0 Å². The smallest absolute Gasteiger partial charge is 0.410 e. The molecular formula is C12H23NO6. The quantitative estimate of drug-likeness (QED) is 0.665. The number of carbonyl (C=O) groups is 2. The van der Waals surface area contributed by atoms with Gasteiger partial charge in [-0.2, -0.15) is 0 Å². The van der Waals surface area contributed by atoms with E-state index in [0.29, 0.717) is 13.2 Å². The molecule has 7 heteroatoms. The van der Waals surface area contributed by atoms with Crippen LogP contribution in [0.3, 0.4) is 0 Å². The summed E-state index contributed by atoms with van der Waals surface area (Å²) in [6, 6.07) is 0. The lowest BCUT2D eigenvalue weighted by atomic mass is 10.2. The Morgan fingerprint density at radius 3 is 2.26 bits per heavy atom. The molecule has 0 unspecified atom stereocenters. The molecule has 0 aromatic heterocycles. The van der Waals surface area contributed by atoms with Crippen LogP contribution in [0.25, 0.3) is 0 Å². The fourth-order valence-corrected chi connectivity index (χ4v) is 1.14. The number of hydrogen-bond donors (Lipinski definition) is 1. The third-order valence-electron chi connectivity index (χ3n) is 1.92. The first kappa shape index (κ1) is 17.7. The molecule has 1 N–H and O–H groups in total. The first-order valence-corrected chi connectivity index (χ1v) is 6.02. The Morgan fingerprint density at radius 2 is 1.79 bits per heavy atom. The zero-order valence-electron chi connectivity index (χ0n) is 12.0. The molecule has 112 valence electrons. The molecule has 19 heavy (non-hydrogen) atoms. The summed E-state index contributed by atoms with van der Waals surface area (Å²) in [7, 11) is 1.56. The van der Waals surface area contributed by atoms with Crippen molar-refractivity contribution in [2.24, 2.45) is 0 Å². The Morgan fingerprint density at radius 1 is 1.16 bits per heavy atom. The van der Waals surface area contributed by atoms with Gasteiger partial charge in [0.2, 0.25) is 0 Å². The zero-order valence-corrected chi connectivity index (χ0v) is 12.0. The summed E-state index contributed by atoms with van der Waals surface area (Å²) in [5.74, 6) is -1.09. The molecule has 1 amide bonds. The number of aliphatic carboxylic acids is 1. The number of ether oxygens (including phenoxy) is 3. The van der Waals surface area contributed by atoms with E-state index >= 15 is 0 Å². The van der Waals surface area contributed by atoms with E-state index in [1.165, 1.54) is 0 Å². The van der Waals surface area contributed by atoms with Crippen molar-refractivity contribution in [3.8, 4) is 0 Å². The molecule has 0 spiro atoms. The van der Waals surface area contributed by atoms with Crippen LogP contribution in [0.1, 0.15) is 20.8 Å². The van der Waals surface area contributed by atoms with Crippen LogP contribution in [0, 0.1) is 0 Å². The fraction of sp³-hybridized carbons (Fsp3) is 0.833. The van der Waals surface area contributed by atoms with E-state index in [-0.39, 0.29) is 13.2 Å². The topological polar surface area (TPSA) is 85.3 Å². The lowest BCUT2D eigenvalue weighted by Gasteiger charge is -2.26. The Kier molecular flexibility index (Phi) is 8.09. The van der Waals surface area contributed by atoms with E-state index in [9.17, 15) is 9.59 Å². The van der Waals surface area contributed by atoms with Crippen molar-refractivity contribution in [2.75, 3.05) is 40.0 Å². The largest absolute Gasteiger partial charge is 0.480 e. The van der Waals surface area contributed by atoms with Crippen molar-refractivity contribution in [2.45, 2.75) is 26.4 Å². The minimum absolute atomic E-state index is 0.158. The van der Waals surface area contributed by atoms with Gasteiger partial charge in [0.15, 0.2) is 0 Å². The predicted molar refractivity (Wildman–Crippen MR) is 68.1 cm³/mol. The highest BCUT2D eigenvalue weighted by Crippen LogP contribution is 2.09. The van der Waals surface area contributed by atoms with Crippen molar-refractivity contribution < 1.29 is 28.9 Å². The summed E-state index contributed by atoms with van der Waals surface area (Å²) in [4.78, 5) is 23.6. The summed E-state index contributed by atoms with van der Waals surface area (Å²) in [5, 5.41) is 8.76. The van der Waals surface area contributed by atoms with Gasteiger partial charge in [0, 0.05) is 13.7 Å². The second-order valence-corrected chi connectivity index (χ2v) is 4.90. The summed E-state index contributed by atoms with van der Waals surface area (Å²) in [5.41, 5.74) is -0.662. The Hall–Kier alpha value is -1.34. The predicted octanol–water partition coefficient (Wildman–Crippen LogP) is 0.971. The lowest BCUT2D eigenvalue weighted by molar-refractivity contribution is -0.138. The molecule has 0 heterocycles.